The van der Waals surface area contributed by atoms with Crippen molar-refractivity contribution in [1.82, 2.24) is 4.98 Å². The topological polar surface area (TPSA) is 24.9 Å². The van der Waals surface area contributed by atoms with E-state index < -0.39 is 0 Å². The number of nitrogens with zero attached hydrogens (tertiary/aromatic N) is 1. The van der Waals surface area contributed by atoms with Gasteiger partial charge in [-0.3, -0.25) is 4.98 Å². The van der Waals surface area contributed by atoms with Crippen molar-refractivity contribution >= 4 is 5.69 Å². The van der Waals surface area contributed by atoms with Crippen LogP contribution in [0.4, 0.5) is 5.69 Å². The second-order valence-corrected chi connectivity index (χ2v) is 4.11. The Bertz CT molecular complexity index is 491. The van der Waals surface area contributed by atoms with Crippen LogP contribution < -0.4 is 5.32 Å². The molecule has 1 aliphatic rings. The number of anilines is 1. The second kappa shape index (κ2) is 3.97. The van der Waals surface area contributed by atoms with Gasteiger partial charge < -0.3 is 5.32 Å². The lowest BCUT2D eigenvalue weighted by Crippen LogP contribution is -2.12. The first kappa shape index (κ1) is 9.40. The Morgan fingerprint density at radius 2 is 2.12 bits per heavy atom. The molecule has 0 unspecified atom stereocenters. The SMILES string of the molecule is c1cncc(-c2cccc3c2NCCC3)c1. The number of hydrogen-bond acceptors (Lipinski definition) is 2. The minimum absolute atomic E-state index is 1.07. The molecule has 1 aromatic heterocycles. The first-order chi connectivity index (χ1) is 7.95. The van der Waals surface area contributed by atoms with Crippen LogP contribution >= 0.6 is 0 Å². The zero-order valence-electron chi connectivity index (χ0n) is 9.11. The van der Waals surface area contributed by atoms with Crippen LogP contribution in [0.3, 0.4) is 0 Å². The Labute approximate surface area is 95.3 Å². The van der Waals surface area contributed by atoms with Gasteiger partial charge in [-0.15, -0.1) is 0 Å². The summed E-state index contributed by atoms with van der Waals surface area (Å²) in [6, 6.07) is 10.6. The average Bonchev–Trinajstić information content (AvgIpc) is 2.39. The Morgan fingerprint density at radius 3 is 3.00 bits per heavy atom. The monoisotopic (exact) mass is 210 g/mol. The molecule has 80 valence electrons. The fraction of sp³-hybridized carbons (Fsp3) is 0.214. The van der Waals surface area contributed by atoms with Crippen LogP contribution in [0.25, 0.3) is 11.1 Å². The predicted molar refractivity (Wildman–Crippen MR) is 66.5 cm³/mol. The van der Waals surface area contributed by atoms with E-state index in [-0.39, 0.29) is 0 Å². The van der Waals surface area contributed by atoms with Crippen molar-refractivity contribution in [3.05, 3.63) is 48.3 Å². The van der Waals surface area contributed by atoms with Crippen molar-refractivity contribution in [2.75, 3.05) is 11.9 Å². The number of rotatable bonds is 1. The fourth-order valence-electron chi connectivity index (χ4n) is 2.27. The molecule has 0 spiro atoms. The highest BCUT2D eigenvalue weighted by atomic mass is 14.9. The third-order valence-electron chi connectivity index (χ3n) is 3.05. The zero-order chi connectivity index (χ0) is 10.8. The van der Waals surface area contributed by atoms with Gasteiger partial charge in [-0.2, -0.15) is 0 Å². The van der Waals surface area contributed by atoms with Crippen molar-refractivity contribution in [1.29, 1.82) is 0 Å². The second-order valence-electron chi connectivity index (χ2n) is 4.11. The molecule has 2 nitrogen and oxygen atoms in total. The molecular weight excluding hydrogens is 196 g/mol. The number of benzene rings is 1. The summed E-state index contributed by atoms with van der Waals surface area (Å²) in [5.41, 5.74) is 5.17. The fourth-order valence-corrected chi connectivity index (χ4v) is 2.27. The van der Waals surface area contributed by atoms with Crippen molar-refractivity contribution < 1.29 is 0 Å². The maximum absolute atomic E-state index is 4.18. The van der Waals surface area contributed by atoms with Crippen LogP contribution in [0.15, 0.2) is 42.7 Å². The molecule has 1 aromatic carbocycles. The van der Waals surface area contributed by atoms with E-state index in [4.69, 9.17) is 0 Å². The largest absolute Gasteiger partial charge is 0.384 e. The molecule has 0 saturated heterocycles. The van der Waals surface area contributed by atoms with Crippen LogP contribution in [0, 0.1) is 0 Å². The minimum atomic E-state index is 1.07. The van der Waals surface area contributed by atoms with Crippen LogP contribution in [0.1, 0.15) is 12.0 Å². The molecule has 0 bridgehead atoms. The smallest absolute Gasteiger partial charge is 0.0452 e. The van der Waals surface area contributed by atoms with Gasteiger partial charge in [0.15, 0.2) is 0 Å². The van der Waals surface area contributed by atoms with Crippen molar-refractivity contribution in [2.45, 2.75) is 12.8 Å². The van der Waals surface area contributed by atoms with Gasteiger partial charge in [-0.1, -0.05) is 24.3 Å². The van der Waals surface area contributed by atoms with Crippen LogP contribution in [-0.2, 0) is 6.42 Å². The molecule has 0 fully saturated rings. The molecule has 3 rings (SSSR count). The van der Waals surface area contributed by atoms with E-state index >= 15 is 0 Å². The third kappa shape index (κ3) is 1.56. The molecule has 0 radical (unpaired) electrons. The van der Waals surface area contributed by atoms with Gasteiger partial charge in [0.2, 0.25) is 0 Å². The van der Waals surface area contributed by atoms with Crippen LogP contribution in [0.5, 0.6) is 0 Å². The Morgan fingerprint density at radius 1 is 1.12 bits per heavy atom. The van der Waals surface area contributed by atoms with E-state index in [1.54, 1.807) is 0 Å². The van der Waals surface area contributed by atoms with E-state index in [1.165, 1.54) is 35.2 Å². The summed E-state index contributed by atoms with van der Waals surface area (Å²) in [7, 11) is 0. The van der Waals surface area contributed by atoms with Gasteiger partial charge in [-0.25, -0.2) is 0 Å². The molecule has 2 heterocycles. The number of fused-ring (bicyclic) bond motifs is 1. The van der Waals surface area contributed by atoms with E-state index in [0.29, 0.717) is 0 Å². The standard InChI is InChI=1S/C14H14N2/c1-4-11-5-3-9-16-14(11)13(7-1)12-6-2-8-15-10-12/h1-2,4,6-8,10,16H,3,5,9H2. The number of hydrogen-bond donors (Lipinski definition) is 1. The van der Waals surface area contributed by atoms with Crippen LogP contribution in [0.2, 0.25) is 0 Å². The number of nitrogens with one attached hydrogen (secondary N) is 1. The highest BCUT2D eigenvalue weighted by Crippen LogP contribution is 2.33. The van der Waals surface area contributed by atoms with Crippen molar-refractivity contribution in [3.8, 4) is 11.1 Å². The van der Waals surface area contributed by atoms with E-state index in [1.807, 2.05) is 18.5 Å². The van der Waals surface area contributed by atoms with Crippen LogP contribution in [-0.4, -0.2) is 11.5 Å². The van der Waals surface area contributed by atoms with Crippen molar-refractivity contribution in [2.24, 2.45) is 0 Å². The first-order valence-corrected chi connectivity index (χ1v) is 5.71. The summed E-state index contributed by atoms with van der Waals surface area (Å²) in [5.74, 6) is 0. The lowest BCUT2D eigenvalue weighted by atomic mass is 9.96. The van der Waals surface area contributed by atoms with Gasteiger partial charge in [0, 0.05) is 35.8 Å². The van der Waals surface area contributed by atoms with Gasteiger partial charge in [0.1, 0.15) is 0 Å². The third-order valence-corrected chi connectivity index (χ3v) is 3.05. The normalized spacial score (nSPS) is 14.0. The summed E-state index contributed by atoms with van der Waals surface area (Å²) in [5, 5.41) is 3.50. The lowest BCUT2D eigenvalue weighted by Gasteiger charge is -2.21. The Kier molecular flexibility index (Phi) is 2.33. The maximum atomic E-state index is 4.18. The van der Waals surface area contributed by atoms with E-state index in [0.717, 1.165) is 6.54 Å². The summed E-state index contributed by atoms with van der Waals surface area (Å²) in [6.45, 7) is 1.07. The molecule has 0 amide bonds. The molecule has 1 N–H and O–H groups in total. The van der Waals surface area contributed by atoms with Crippen molar-refractivity contribution in [3.63, 3.8) is 0 Å². The zero-order valence-corrected chi connectivity index (χ0v) is 9.11. The van der Waals surface area contributed by atoms with E-state index in [2.05, 4.69) is 34.6 Å². The van der Waals surface area contributed by atoms with Gasteiger partial charge in [-0.05, 0) is 24.5 Å². The maximum Gasteiger partial charge on any atom is 0.0452 e. The quantitative estimate of drug-likeness (QED) is 0.782. The minimum Gasteiger partial charge on any atom is -0.384 e. The highest BCUT2D eigenvalue weighted by Gasteiger charge is 2.12. The summed E-state index contributed by atoms with van der Waals surface area (Å²) in [6.07, 6.45) is 6.14. The molecule has 2 aromatic rings. The number of pyridine rings is 1. The Balaban J connectivity index is 2.14. The molecule has 0 aliphatic carbocycles. The van der Waals surface area contributed by atoms with Gasteiger partial charge in [0.05, 0.1) is 0 Å². The van der Waals surface area contributed by atoms with E-state index in [9.17, 15) is 0 Å². The number of aromatic nitrogens is 1. The highest BCUT2D eigenvalue weighted by molar-refractivity contribution is 5.80. The molecule has 16 heavy (non-hydrogen) atoms. The first-order valence-electron chi connectivity index (χ1n) is 5.71. The summed E-state index contributed by atoms with van der Waals surface area (Å²) < 4.78 is 0. The summed E-state index contributed by atoms with van der Waals surface area (Å²) >= 11 is 0. The average molecular weight is 210 g/mol. The molecular formula is C14H14N2. The predicted octanol–water partition coefficient (Wildman–Crippen LogP) is 3.11. The molecule has 2 heteroatoms. The molecule has 0 saturated carbocycles. The number of para-hydroxylation sites is 1. The molecule has 1 aliphatic heterocycles. The molecule has 0 atom stereocenters. The van der Waals surface area contributed by atoms with Gasteiger partial charge >= 0.3 is 0 Å². The Hall–Kier alpha value is -1.83. The number of aryl methyl sites for hydroxylation is 1. The van der Waals surface area contributed by atoms with Gasteiger partial charge in [0.25, 0.3) is 0 Å². The summed E-state index contributed by atoms with van der Waals surface area (Å²) in [4.78, 5) is 4.18. The lowest BCUT2D eigenvalue weighted by molar-refractivity contribution is 0.831.